The van der Waals surface area contributed by atoms with Crippen LogP contribution in [0.4, 0.5) is 0 Å². The van der Waals surface area contributed by atoms with Crippen molar-refractivity contribution in [3.63, 3.8) is 0 Å². The number of carbonyl (C=O) groups excluding carboxylic acids is 1. The molecule has 3 saturated heterocycles. The zero-order valence-electron chi connectivity index (χ0n) is 15.3. The van der Waals surface area contributed by atoms with Gasteiger partial charge in [-0.2, -0.15) is 0 Å². The molecule has 4 heteroatoms. The number of rotatable bonds is 3. The van der Waals surface area contributed by atoms with Crippen LogP contribution in [0.2, 0.25) is 0 Å². The Morgan fingerprint density at radius 2 is 1.85 bits per heavy atom. The summed E-state index contributed by atoms with van der Waals surface area (Å²) >= 11 is 0. The second kappa shape index (κ2) is 7.12. The number of carbonyl (C=O) groups is 1. The molecule has 3 heterocycles. The zero-order valence-corrected chi connectivity index (χ0v) is 15.3. The van der Waals surface area contributed by atoms with Crippen molar-refractivity contribution in [2.45, 2.75) is 32.4 Å². The van der Waals surface area contributed by atoms with Crippen molar-refractivity contribution in [1.29, 1.82) is 0 Å². The van der Waals surface area contributed by atoms with Gasteiger partial charge in [-0.15, -0.1) is 0 Å². The molecule has 0 aliphatic carbocycles. The topological polar surface area (TPSA) is 43.8 Å². The summed E-state index contributed by atoms with van der Waals surface area (Å²) in [5.41, 5.74) is 2.51. The molecule has 1 amide bonds. The number of benzene rings is 2. The van der Waals surface area contributed by atoms with E-state index >= 15 is 0 Å². The van der Waals surface area contributed by atoms with Crippen molar-refractivity contribution in [3.8, 4) is 5.75 Å². The van der Waals surface area contributed by atoms with Gasteiger partial charge in [-0.3, -0.25) is 9.69 Å². The predicted octanol–water partition coefficient (Wildman–Crippen LogP) is 3.44. The maximum atomic E-state index is 13.1. The van der Waals surface area contributed by atoms with Crippen molar-refractivity contribution in [1.82, 2.24) is 9.80 Å². The van der Waals surface area contributed by atoms with Crippen LogP contribution in [0.1, 0.15) is 34.3 Å². The van der Waals surface area contributed by atoms with Gasteiger partial charge in [0.1, 0.15) is 5.75 Å². The van der Waals surface area contributed by atoms with Crippen LogP contribution in [0.5, 0.6) is 5.75 Å². The number of aryl methyl sites for hydroxylation is 1. The Kier molecular flexibility index (Phi) is 4.68. The van der Waals surface area contributed by atoms with Crippen molar-refractivity contribution in [2.24, 2.45) is 5.92 Å². The van der Waals surface area contributed by atoms with Crippen LogP contribution in [0.15, 0.2) is 48.5 Å². The van der Waals surface area contributed by atoms with Crippen LogP contribution < -0.4 is 0 Å². The number of fused-ring (bicyclic) bond motifs is 4. The van der Waals surface area contributed by atoms with E-state index in [0.29, 0.717) is 17.5 Å². The van der Waals surface area contributed by atoms with E-state index in [-0.39, 0.29) is 11.7 Å². The largest absolute Gasteiger partial charge is 0.507 e. The SMILES string of the molecule is Cc1cccc(C(=O)N2C[C@@H]3CC[C@H](C2)N(Cc2ccccc2)C3)c1O. The number of phenolic OH excluding ortho intramolecular Hbond substituents is 1. The molecule has 3 fully saturated rings. The van der Waals surface area contributed by atoms with Crippen LogP contribution in [0.3, 0.4) is 0 Å². The monoisotopic (exact) mass is 350 g/mol. The van der Waals surface area contributed by atoms with Crippen LogP contribution in [-0.2, 0) is 6.54 Å². The third-order valence-corrected chi connectivity index (χ3v) is 5.81. The Hall–Kier alpha value is -2.33. The number of para-hydroxylation sites is 1. The lowest BCUT2D eigenvalue weighted by Gasteiger charge is -2.36. The molecule has 2 aromatic carbocycles. The van der Waals surface area contributed by atoms with Gasteiger partial charge < -0.3 is 10.0 Å². The summed E-state index contributed by atoms with van der Waals surface area (Å²) in [4.78, 5) is 17.6. The second-order valence-corrected chi connectivity index (χ2v) is 7.69. The van der Waals surface area contributed by atoms with E-state index in [0.717, 1.165) is 38.2 Å². The first kappa shape index (κ1) is 17.1. The first-order valence-electron chi connectivity index (χ1n) is 9.47. The van der Waals surface area contributed by atoms with E-state index < -0.39 is 0 Å². The molecule has 0 unspecified atom stereocenters. The molecule has 2 bridgehead atoms. The van der Waals surface area contributed by atoms with E-state index in [4.69, 9.17) is 0 Å². The molecule has 0 spiro atoms. The first-order valence-corrected chi connectivity index (χ1v) is 9.47. The maximum Gasteiger partial charge on any atom is 0.257 e. The summed E-state index contributed by atoms with van der Waals surface area (Å²) in [5, 5.41) is 10.3. The normalized spacial score (nSPS) is 23.0. The van der Waals surface area contributed by atoms with Crippen LogP contribution in [-0.4, -0.2) is 46.5 Å². The van der Waals surface area contributed by atoms with Gasteiger partial charge in [0, 0.05) is 32.2 Å². The van der Waals surface area contributed by atoms with Crippen LogP contribution >= 0.6 is 0 Å². The highest BCUT2D eigenvalue weighted by molar-refractivity contribution is 5.97. The third kappa shape index (κ3) is 3.34. The molecule has 136 valence electrons. The summed E-state index contributed by atoms with van der Waals surface area (Å²) in [6.07, 6.45) is 2.32. The minimum absolute atomic E-state index is 0.0374. The van der Waals surface area contributed by atoms with Gasteiger partial charge in [-0.1, -0.05) is 42.5 Å². The van der Waals surface area contributed by atoms with Gasteiger partial charge in [0.25, 0.3) is 5.91 Å². The standard InChI is InChI=1S/C22H26N2O2/c1-16-6-5-9-20(21(16)25)22(26)24-14-18-10-11-19(15-24)23(13-18)12-17-7-3-2-4-8-17/h2-9,18-19,25H,10-15H2,1H3/t18-,19-/m1/s1. The molecule has 1 N–H and O–H groups in total. The van der Waals surface area contributed by atoms with Gasteiger partial charge in [0.05, 0.1) is 5.56 Å². The molecule has 3 aliphatic heterocycles. The molecule has 26 heavy (non-hydrogen) atoms. The summed E-state index contributed by atoms with van der Waals surface area (Å²) in [6, 6.07) is 16.4. The average molecular weight is 350 g/mol. The molecule has 3 aliphatic rings. The number of nitrogens with zero attached hydrogens (tertiary/aromatic N) is 2. The predicted molar refractivity (Wildman–Crippen MR) is 102 cm³/mol. The van der Waals surface area contributed by atoms with Gasteiger partial charge in [0.2, 0.25) is 0 Å². The number of phenols is 1. The molecule has 2 atom stereocenters. The minimum atomic E-state index is -0.0374. The number of amides is 1. The highest BCUT2D eigenvalue weighted by atomic mass is 16.3. The molecule has 0 saturated carbocycles. The Labute approximate surface area is 155 Å². The maximum absolute atomic E-state index is 13.1. The molecule has 0 aromatic heterocycles. The lowest BCUT2D eigenvalue weighted by Crippen LogP contribution is -2.43. The number of piperidine rings is 1. The van der Waals surface area contributed by atoms with Gasteiger partial charge >= 0.3 is 0 Å². The van der Waals surface area contributed by atoms with Crippen LogP contribution in [0, 0.1) is 12.8 Å². The van der Waals surface area contributed by atoms with Crippen molar-refractivity contribution in [3.05, 3.63) is 65.2 Å². The molecular weight excluding hydrogens is 324 g/mol. The lowest BCUT2D eigenvalue weighted by atomic mass is 9.94. The molecule has 2 aromatic rings. The van der Waals surface area contributed by atoms with E-state index in [2.05, 4.69) is 29.2 Å². The number of hydrogen-bond donors (Lipinski definition) is 1. The fourth-order valence-corrected chi connectivity index (χ4v) is 4.36. The highest BCUT2D eigenvalue weighted by Crippen LogP contribution is 2.31. The molecule has 0 radical (unpaired) electrons. The van der Waals surface area contributed by atoms with E-state index in [1.807, 2.05) is 30.0 Å². The Morgan fingerprint density at radius 1 is 1.04 bits per heavy atom. The van der Waals surface area contributed by atoms with E-state index in [9.17, 15) is 9.90 Å². The summed E-state index contributed by atoms with van der Waals surface area (Å²) in [5.74, 6) is 0.591. The van der Waals surface area contributed by atoms with Gasteiger partial charge in [0.15, 0.2) is 0 Å². The van der Waals surface area contributed by atoms with Gasteiger partial charge in [-0.25, -0.2) is 0 Å². The molecule has 4 nitrogen and oxygen atoms in total. The fourth-order valence-electron chi connectivity index (χ4n) is 4.36. The van der Waals surface area contributed by atoms with Crippen molar-refractivity contribution < 1.29 is 9.90 Å². The van der Waals surface area contributed by atoms with E-state index in [1.165, 1.54) is 12.0 Å². The summed E-state index contributed by atoms with van der Waals surface area (Å²) in [7, 11) is 0. The van der Waals surface area contributed by atoms with Gasteiger partial charge in [-0.05, 0) is 42.9 Å². The summed E-state index contributed by atoms with van der Waals surface area (Å²) in [6.45, 7) is 5.35. The van der Waals surface area contributed by atoms with E-state index in [1.54, 1.807) is 6.07 Å². The highest BCUT2D eigenvalue weighted by Gasteiger charge is 2.37. The second-order valence-electron chi connectivity index (χ2n) is 7.69. The lowest BCUT2D eigenvalue weighted by molar-refractivity contribution is 0.0733. The van der Waals surface area contributed by atoms with Crippen molar-refractivity contribution >= 4 is 5.91 Å². The quantitative estimate of drug-likeness (QED) is 0.922. The Balaban J connectivity index is 1.52. The number of hydrogen-bond acceptors (Lipinski definition) is 3. The molecular formula is C22H26N2O2. The zero-order chi connectivity index (χ0) is 18.1. The van der Waals surface area contributed by atoms with Crippen molar-refractivity contribution in [2.75, 3.05) is 19.6 Å². The van der Waals surface area contributed by atoms with Crippen LogP contribution in [0.25, 0.3) is 0 Å². The fraction of sp³-hybridized carbons (Fsp3) is 0.409. The smallest absolute Gasteiger partial charge is 0.257 e. The Bertz CT molecular complexity index is 790. The molecule has 5 rings (SSSR count). The average Bonchev–Trinajstić information content (AvgIpc) is 2.96. The third-order valence-electron chi connectivity index (χ3n) is 5.81. The summed E-state index contributed by atoms with van der Waals surface area (Å²) < 4.78 is 0. The Morgan fingerprint density at radius 3 is 2.65 bits per heavy atom. The first-order chi connectivity index (χ1) is 12.6. The minimum Gasteiger partial charge on any atom is -0.507 e. The number of aromatic hydroxyl groups is 1.